The minimum atomic E-state index is -0.868. The number of carbonyl (C=O) groups excluding carboxylic acids is 2. The molecule has 1 N–H and O–H groups in total. The van der Waals surface area contributed by atoms with Crippen molar-refractivity contribution < 1.29 is 19.2 Å². The van der Waals surface area contributed by atoms with E-state index in [1.165, 1.54) is 19.2 Å². The minimum Gasteiger partial charge on any atom is -0.467 e. The number of hydrogen-bond acceptors (Lipinski definition) is 5. The normalized spacial score (nSPS) is 11.9. The van der Waals surface area contributed by atoms with Crippen LogP contribution in [0, 0.1) is 16.0 Å². The molecule has 1 amide bonds. The Morgan fingerprint density at radius 1 is 1.41 bits per heavy atom. The molecule has 0 aliphatic rings. The highest BCUT2D eigenvalue weighted by molar-refractivity contribution is 6.31. The molecule has 8 heteroatoms. The molecule has 7 nitrogen and oxygen atoms in total. The molecule has 0 radical (unpaired) electrons. The number of hydrogen-bond donors (Lipinski definition) is 1. The lowest BCUT2D eigenvalue weighted by Gasteiger charge is -2.18. The monoisotopic (exact) mass is 328 g/mol. The quantitative estimate of drug-likeness (QED) is 0.491. The number of carbonyl (C=O) groups is 2. The average molecular weight is 329 g/mol. The van der Waals surface area contributed by atoms with Gasteiger partial charge in [-0.2, -0.15) is 0 Å². The smallest absolute Gasteiger partial charge is 0.328 e. The van der Waals surface area contributed by atoms with Gasteiger partial charge in [0.25, 0.3) is 11.6 Å². The van der Waals surface area contributed by atoms with Crippen LogP contribution in [-0.2, 0) is 9.53 Å². The Morgan fingerprint density at radius 3 is 2.55 bits per heavy atom. The number of nitrogens with zero attached hydrogens (tertiary/aromatic N) is 1. The molecule has 0 heterocycles. The zero-order valence-corrected chi connectivity index (χ0v) is 13.2. The van der Waals surface area contributed by atoms with E-state index in [4.69, 9.17) is 11.6 Å². The minimum absolute atomic E-state index is 0.129. The molecule has 0 aromatic heterocycles. The third-order valence-corrected chi connectivity index (χ3v) is 3.13. The van der Waals surface area contributed by atoms with Gasteiger partial charge in [0, 0.05) is 11.1 Å². The number of nitro groups is 1. The van der Waals surface area contributed by atoms with Gasteiger partial charge in [-0.15, -0.1) is 0 Å². The standard InChI is InChI=1S/C14H17ClN2O5/c1-8(2)6-11(14(19)22-3)16-13(18)10-5-4-9(15)7-12(10)17(20)21/h4-5,7-8,11H,6H2,1-3H3,(H,16,18). The van der Waals surface area contributed by atoms with E-state index in [1.807, 2.05) is 13.8 Å². The number of rotatable bonds is 6. The van der Waals surface area contributed by atoms with Crippen LogP contribution in [0.1, 0.15) is 30.6 Å². The van der Waals surface area contributed by atoms with Gasteiger partial charge in [0.05, 0.1) is 12.0 Å². The molecule has 0 fully saturated rings. The highest BCUT2D eigenvalue weighted by Gasteiger charge is 2.27. The first-order valence-corrected chi connectivity index (χ1v) is 6.96. The van der Waals surface area contributed by atoms with Crippen LogP contribution in [0.5, 0.6) is 0 Å². The lowest BCUT2D eigenvalue weighted by molar-refractivity contribution is -0.385. The Morgan fingerprint density at radius 2 is 2.05 bits per heavy atom. The highest BCUT2D eigenvalue weighted by Crippen LogP contribution is 2.23. The van der Waals surface area contributed by atoms with Gasteiger partial charge in [-0.3, -0.25) is 14.9 Å². The topological polar surface area (TPSA) is 98.5 Å². The van der Waals surface area contributed by atoms with E-state index < -0.39 is 28.5 Å². The van der Waals surface area contributed by atoms with Gasteiger partial charge in [0.1, 0.15) is 11.6 Å². The summed E-state index contributed by atoms with van der Waals surface area (Å²) in [6.45, 7) is 3.76. The third kappa shape index (κ3) is 4.70. The van der Waals surface area contributed by atoms with Crippen molar-refractivity contribution in [3.8, 4) is 0 Å². The molecule has 1 unspecified atom stereocenters. The Hall–Kier alpha value is -2.15. The maximum absolute atomic E-state index is 12.2. The Kier molecular flexibility index (Phi) is 6.30. The van der Waals surface area contributed by atoms with Gasteiger partial charge >= 0.3 is 5.97 Å². The summed E-state index contributed by atoms with van der Waals surface area (Å²) in [5.74, 6) is -1.19. The van der Waals surface area contributed by atoms with Crippen molar-refractivity contribution in [2.75, 3.05) is 7.11 Å². The number of halogens is 1. The molecule has 0 saturated carbocycles. The molecule has 0 spiro atoms. The number of nitrogens with one attached hydrogen (secondary N) is 1. The van der Waals surface area contributed by atoms with Crippen LogP contribution in [0.15, 0.2) is 18.2 Å². The summed E-state index contributed by atoms with van der Waals surface area (Å²) in [7, 11) is 1.21. The molecule has 0 aliphatic carbocycles. The maximum Gasteiger partial charge on any atom is 0.328 e. The molecule has 1 rings (SSSR count). The van der Waals surface area contributed by atoms with Crippen molar-refractivity contribution in [3.63, 3.8) is 0 Å². The van der Waals surface area contributed by atoms with Crippen molar-refractivity contribution in [3.05, 3.63) is 38.9 Å². The molecule has 0 aliphatic heterocycles. The van der Waals surface area contributed by atoms with Crippen LogP contribution in [-0.4, -0.2) is 30.0 Å². The fourth-order valence-electron chi connectivity index (χ4n) is 1.91. The number of nitro benzene ring substituents is 1. The second-order valence-electron chi connectivity index (χ2n) is 5.10. The molecule has 1 aromatic carbocycles. The van der Waals surface area contributed by atoms with E-state index in [1.54, 1.807) is 0 Å². The molecule has 1 atom stereocenters. The van der Waals surface area contributed by atoms with Gasteiger partial charge < -0.3 is 10.1 Å². The number of methoxy groups -OCH3 is 1. The Balaban J connectivity index is 3.04. The van der Waals surface area contributed by atoms with Crippen LogP contribution >= 0.6 is 11.6 Å². The van der Waals surface area contributed by atoms with Crippen molar-refractivity contribution in [2.24, 2.45) is 5.92 Å². The summed E-state index contributed by atoms with van der Waals surface area (Å²) in [6.07, 6.45) is 0.361. The van der Waals surface area contributed by atoms with Gasteiger partial charge in [-0.1, -0.05) is 25.4 Å². The van der Waals surface area contributed by atoms with Gasteiger partial charge in [-0.25, -0.2) is 4.79 Å². The van der Waals surface area contributed by atoms with Crippen LogP contribution in [0.2, 0.25) is 5.02 Å². The van der Waals surface area contributed by atoms with E-state index in [-0.39, 0.29) is 16.5 Å². The van der Waals surface area contributed by atoms with Crippen LogP contribution in [0.3, 0.4) is 0 Å². The number of amides is 1. The summed E-state index contributed by atoms with van der Waals surface area (Å²) < 4.78 is 4.64. The van der Waals surface area contributed by atoms with Gasteiger partial charge in [-0.05, 0) is 24.5 Å². The van der Waals surface area contributed by atoms with E-state index in [0.29, 0.717) is 6.42 Å². The Bertz CT molecular complexity index is 589. The van der Waals surface area contributed by atoms with Gasteiger partial charge in [0.15, 0.2) is 0 Å². The Labute approximate surface area is 132 Å². The summed E-state index contributed by atoms with van der Waals surface area (Å²) in [5.41, 5.74) is -0.578. The van der Waals surface area contributed by atoms with E-state index in [9.17, 15) is 19.7 Å². The van der Waals surface area contributed by atoms with Crippen LogP contribution < -0.4 is 5.32 Å². The fraction of sp³-hybridized carbons (Fsp3) is 0.429. The van der Waals surface area contributed by atoms with E-state index >= 15 is 0 Å². The zero-order valence-electron chi connectivity index (χ0n) is 12.5. The summed E-state index contributed by atoms with van der Waals surface area (Å²) in [4.78, 5) is 34.2. The second-order valence-corrected chi connectivity index (χ2v) is 5.53. The maximum atomic E-state index is 12.2. The third-order valence-electron chi connectivity index (χ3n) is 2.90. The number of benzene rings is 1. The van der Waals surface area contributed by atoms with Gasteiger partial charge in [0.2, 0.25) is 0 Å². The first-order valence-electron chi connectivity index (χ1n) is 6.58. The molecule has 1 aromatic rings. The zero-order chi connectivity index (χ0) is 16.9. The lowest BCUT2D eigenvalue weighted by atomic mass is 10.0. The summed E-state index contributed by atoms with van der Waals surface area (Å²) in [6, 6.07) is 2.85. The summed E-state index contributed by atoms with van der Waals surface area (Å²) in [5, 5.41) is 13.6. The average Bonchev–Trinajstić information content (AvgIpc) is 2.44. The second kappa shape index (κ2) is 7.74. The highest BCUT2D eigenvalue weighted by atomic mass is 35.5. The van der Waals surface area contributed by atoms with Crippen molar-refractivity contribution >= 4 is 29.2 Å². The predicted octanol–water partition coefficient (Wildman–Crippen LogP) is 2.57. The first kappa shape index (κ1) is 17.9. The molecule has 22 heavy (non-hydrogen) atoms. The van der Waals surface area contributed by atoms with Crippen molar-refractivity contribution in [1.82, 2.24) is 5.32 Å². The number of esters is 1. The lowest BCUT2D eigenvalue weighted by Crippen LogP contribution is -2.42. The van der Waals surface area contributed by atoms with Crippen LogP contribution in [0.4, 0.5) is 5.69 Å². The molecule has 0 saturated heterocycles. The number of ether oxygens (including phenoxy) is 1. The fourth-order valence-corrected chi connectivity index (χ4v) is 2.08. The molecular formula is C14H17ClN2O5. The molecule has 0 bridgehead atoms. The molecule has 120 valence electrons. The van der Waals surface area contributed by atoms with E-state index in [0.717, 1.165) is 6.07 Å². The largest absolute Gasteiger partial charge is 0.467 e. The SMILES string of the molecule is COC(=O)C(CC(C)C)NC(=O)c1ccc(Cl)cc1[N+](=O)[O-]. The molecular weight excluding hydrogens is 312 g/mol. The summed E-state index contributed by atoms with van der Waals surface area (Å²) >= 11 is 5.70. The van der Waals surface area contributed by atoms with E-state index in [2.05, 4.69) is 10.1 Å². The van der Waals surface area contributed by atoms with Crippen molar-refractivity contribution in [1.29, 1.82) is 0 Å². The predicted molar refractivity (Wildman–Crippen MR) is 80.8 cm³/mol. The van der Waals surface area contributed by atoms with Crippen LogP contribution in [0.25, 0.3) is 0 Å². The van der Waals surface area contributed by atoms with Crippen molar-refractivity contribution in [2.45, 2.75) is 26.3 Å². The first-order chi connectivity index (χ1) is 10.3.